The molecule has 0 aliphatic heterocycles. The van der Waals surface area contributed by atoms with Gasteiger partial charge in [0.2, 0.25) is 0 Å². The zero-order chi connectivity index (χ0) is 19.6. The first-order valence-electron chi connectivity index (χ1n) is 8.51. The van der Waals surface area contributed by atoms with Crippen LogP contribution in [0.25, 0.3) is 11.3 Å². The highest BCUT2D eigenvalue weighted by atomic mass is 32.2. The minimum atomic E-state index is -3.75. The molecule has 0 radical (unpaired) electrons. The van der Waals surface area contributed by atoms with Gasteiger partial charge in [0.1, 0.15) is 0 Å². The van der Waals surface area contributed by atoms with Crippen molar-refractivity contribution in [3.63, 3.8) is 0 Å². The van der Waals surface area contributed by atoms with E-state index in [1.54, 1.807) is 20.0 Å². The molecular formula is C20H22N4O2S. The summed E-state index contributed by atoms with van der Waals surface area (Å²) in [4.78, 5) is 2.56. The lowest BCUT2D eigenvalue weighted by atomic mass is 10.1. The van der Waals surface area contributed by atoms with Crippen molar-refractivity contribution in [2.75, 3.05) is 0 Å². The van der Waals surface area contributed by atoms with Crippen LogP contribution in [0.15, 0.2) is 52.6 Å². The normalized spacial score (nSPS) is 11.9. The van der Waals surface area contributed by atoms with E-state index in [-0.39, 0.29) is 4.90 Å². The van der Waals surface area contributed by atoms with Crippen LogP contribution in [0.4, 0.5) is 0 Å². The van der Waals surface area contributed by atoms with Crippen LogP contribution < -0.4 is 4.83 Å². The number of rotatable bonds is 5. The van der Waals surface area contributed by atoms with Gasteiger partial charge >= 0.3 is 0 Å². The second-order valence-corrected chi connectivity index (χ2v) is 8.24. The minimum Gasteiger partial charge on any atom is -0.277 e. The first kappa shape index (κ1) is 18.8. The van der Waals surface area contributed by atoms with Gasteiger partial charge in [0.15, 0.2) is 0 Å². The van der Waals surface area contributed by atoms with Crippen molar-refractivity contribution in [3.05, 3.63) is 70.4 Å². The fourth-order valence-corrected chi connectivity index (χ4v) is 4.39. The SMILES string of the molecule is Cc1ccc(-c2[nH]ncc2/C=N\NS(=O)(=O)c2c(C)cc(C)cc2C)cc1. The topological polar surface area (TPSA) is 87.2 Å². The minimum absolute atomic E-state index is 0.260. The Morgan fingerprint density at radius 1 is 1.00 bits per heavy atom. The Hall–Kier alpha value is -2.93. The average Bonchev–Trinajstić information content (AvgIpc) is 3.02. The van der Waals surface area contributed by atoms with E-state index in [1.165, 1.54) is 6.21 Å². The van der Waals surface area contributed by atoms with Crippen molar-refractivity contribution in [1.29, 1.82) is 0 Å². The summed E-state index contributed by atoms with van der Waals surface area (Å²) in [7, 11) is -3.75. The average molecular weight is 382 g/mol. The molecule has 1 aromatic heterocycles. The Kier molecular flexibility index (Phi) is 5.14. The molecular weight excluding hydrogens is 360 g/mol. The van der Waals surface area contributed by atoms with Gasteiger partial charge in [0, 0.05) is 11.1 Å². The summed E-state index contributed by atoms with van der Waals surface area (Å²) in [5, 5.41) is 10.9. The highest BCUT2D eigenvalue weighted by Crippen LogP contribution is 2.22. The van der Waals surface area contributed by atoms with Crippen LogP contribution in [0.5, 0.6) is 0 Å². The highest BCUT2D eigenvalue weighted by Gasteiger charge is 2.19. The summed E-state index contributed by atoms with van der Waals surface area (Å²) in [5.74, 6) is 0. The number of H-pyrrole nitrogens is 1. The lowest BCUT2D eigenvalue weighted by Crippen LogP contribution is -2.20. The molecule has 7 heteroatoms. The molecule has 27 heavy (non-hydrogen) atoms. The molecule has 6 nitrogen and oxygen atoms in total. The second-order valence-electron chi connectivity index (χ2n) is 6.65. The van der Waals surface area contributed by atoms with E-state index in [2.05, 4.69) is 20.1 Å². The quantitative estimate of drug-likeness (QED) is 0.522. The lowest BCUT2D eigenvalue weighted by Gasteiger charge is -2.11. The number of benzene rings is 2. The van der Waals surface area contributed by atoms with Gasteiger partial charge in [-0.3, -0.25) is 5.10 Å². The first-order chi connectivity index (χ1) is 12.8. The van der Waals surface area contributed by atoms with Crippen molar-refractivity contribution in [3.8, 4) is 11.3 Å². The van der Waals surface area contributed by atoms with Crippen molar-refractivity contribution in [1.82, 2.24) is 15.0 Å². The van der Waals surface area contributed by atoms with Crippen LogP contribution >= 0.6 is 0 Å². The number of aryl methyl sites for hydroxylation is 4. The first-order valence-corrected chi connectivity index (χ1v) is 9.99. The van der Waals surface area contributed by atoms with Crippen LogP contribution in [-0.2, 0) is 10.0 Å². The van der Waals surface area contributed by atoms with Crippen LogP contribution in [0.1, 0.15) is 27.8 Å². The van der Waals surface area contributed by atoms with Crippen molar-refractivity contribution in [2.45, 2.75) is 32.6 Å². The third-order valence-corrected chi connectivity index (χ3v) is 5.79. The number of aromatic amines is 1. The Morgan fingerprint density at radius 3 is 2.26 bits per heavy atom. The summed E-state index contributed by atoms with van der Waals surface area (Å²) >= 11 is 0. The largest absolute Gasteiger partial charge is 0.277 e. The highest BCUT2D eigenvalue weighted by molar-refractivity contribution is 7.89. The van der Waals surface area contributed by atoms with E-state index in [4.69, 9.17) is 0 Å². The van der Waals surface area contributed by atoms with Gasteiger partial charge < -0.3 is 0 Å². The fraction of sp³-hybridized carbons (Fsp3) is 0.200. The third-order valence-electron chi connectivity index (χ3n) is 4.26. The second kappa shape index (κ2) is 7.36. The van der Waals surface area contributed by atoms with Gasteiger partial charge in [-0.1, -0.05) is 47.5 Å². The molecule has 0 fully saturated rings. The fourth-order valence-electron chi connectivity index (χ4n) is 3.15. The van der Waals surface area contributed by atoms with Crippen molar-refractivity contribution < 1.29 is 8.42 Å². The molecule has 0 spiro atoms. The van der Waals surface area contributed by atoms with Crippen LogP contribution in [0.2, 0.25) is 0 Å². The van der Waals surface area contributed by atoms with Crippen LogP contribution in [0.3, 0.4) is 0 Å². The number of sulfonamides is 1. The number of aromatic nitrogens is 2. The lowest BCUT2D eigenvalue weighted by molar-refractivity contribution is 0.583. The summed E-state index contributed by atoms with van der Waals surface area (Å²) in [6.07, 6.45) is 3.06. The van der Waals surface area contributed by atoms with Crippen LogP contribution in [-0.4, -0.2) is 24.8 Å². The molecule has 0 saturated carbocycles. The smallest absolute Gasteiger partial charge is 0.277 e. The molecule has 1 heterocycles. The molecule has 0 bridgehead atoms. The predicted octanol–water partition coefficient (Wildman–Crippen LogP) is 3.62. The molecule has 0 atom stereocenters. The maximum absolute atomic E-state index is 12.7. The maximum Gasteiger partial charge on any atom is 0.277 e. The van der Waals surface area contributed by atoms with E-state index in [0.29, 0.717) is 16.7 Å². The van der Waals surface area contributed by atoms with E-state index in [9.17, 15) is 8.42 Å². The summed E-state index contributed by atoms with van der Waals surface area (Å²) < 4.78 is 25.3. The zero-order valence-electron chi connectivity index (χ0n) is 15.7. The van der Waals surface area contributed by atoms with Crippen LogP contribution in [0, 0.1) is 27.7 Å². The van der Waals surface area contributed by atoms with Gasteiger partial charge in [-0.15, -0.1) is 0 Å². The Balaban J connectivity index is 1.85. The zero-order valence-corrected chi connectivity index (χ0v) is 16.6. The third kappa shape index (κ3) is 4.09. The number of nitrogens with one attached hydrogen (secondary N) is 2. The molecule has 2 aromatic carbocycles. The monoisotopic (exact) mass is 382 g/mol. The van der Waals surface area contributed by atoms with Gasteiger partial charge in [-0.25, -0.2) is 4.83 Å². The molecule has 0 aliphatic rings. The van der Waals surface area contributed by atoms with Crippen molar-refractivity contribution >= 4 is 16.2 Å². The molecule has 2 N–H and O–H groups in total. The van der Waals surface area contributed by atoms with E-state index >= 15 is 0 Å². The van der Waals surface area contributed by atoms with E-state index < -0.39 is 10.0 Å². The number of hydrogen-bond acceptors (Lipinski definition) is 4. The van der Waals surface area contributed by atoms with E-state index in [1.807, 2.05) is 50.2 Å². The summed E-state index contributed by atoms with van der Waals surface area (Å²) in [6, 6.07) is 11.6. The molecule has 3 aromatic rings. The van der Waals surface area contributed by atoms with Crippen molar-refractivity contribution in [2.24, 2.45) is 5.10 Å². The number of hydrogen-bond donors (Lipinski definition) is 2. The molecule has 3 rings (SSSR count). The Labute approximate surface area is 159 Å². The molecule has 0 unspecified atom stereocenters. The van der Waals surface area contributed by atoms with Gasteiger partial charge in [0.25, 0.3) is 10.0 Å². The standard InChI is InChI=1S/C20H22N4O2S/c1-13-5-7-17(8-6-13)19-18(11-21-23-19)12-22-24-27(25,26)20-15(3)9-14(2)10-16(20)4/h5-12,24H,1-4H3,(H,21,23)/b22-12-. The number of nitrogens with zero attached hydrogens (tertiary/aromatic N) is 2. The Bertz CT molecular complexity index is 1070. The van der Waals surface area contributed by atoms with E-state index in [0.717, 1.165) is 22.4 Å². The molecule has 0 saturated heterocycles. The molecule has 0 amide bonds. The van der Waals surface area contributed by atoms with Gasteiger partial charge in [-0.2, -0.15) is 18.6 Å². The molecule has 0 aliphatic carbocycles. The predicted molar refractivity (Wildman–Crippen MR) is 107 cm³/mol. The summed E-state index contributed by atoms with van der Waals surface area (Å²) in [6.45, 7) is 7.52. The molecule has 140 valence electrons. The maximum atomic E-state index is 12.7. The number of hydrazone groups is 1. The Morgan fingerprint density at radius 2 is 1.63 bits per heavy atom. The van der Waals surface area contributed by atoms with Gasteiger partial charge in [0.05, 0.1) is 23.0 Å². The van der Waals surface area contributed by atoms with Gasteiger partial charge in [-0.05, 0) is 38.8 Å². The summed E-state index contributed by atoms with van der Waals surface area (Å²) in [5.41, 5.74) is 5.99.